The minimum atomic E-state index is -3.83. The number of carbonyl (C=O) groups is 1. The van der Waals surface area contributed by atoms with Crippen LogP contribution in [0.1, 0.15) is 24.0 Å². The maximum absolute atomic E-state index is 13.3. The van der Waals surface area contributed by atoms with Gasteiger partial charge in [-0.15, -0.1) is 0 Å². The van der Waals surface area contributed by atoms with Gasteiger partial charge in [-0.1, -0.05) is 35.9 Å². The Balaban J connectivity index is 2.00. The largest absolute Gasteiger partial charge is 0.341 e. The molecule has 6 heteroatoms. The summed E-state index contributed by atoms with van der Waals surface area (Å²) in [4.78, 5) is 14.6. The molecule has 1 heterocycles. The molecule has 0 spiro atoms. The number of amides is 1. The molecule has 0 aromatic heterocycles. The van der Waals surface area contributed by atoms with E-state index < -0.39 is 10.0 Å². The topological polar surface area (TPSA) is 57.7 Å². The van der Waals surface area contributed by atoms with E-state index in [1.165, 1.54) is 4.31 Å². The zero-order chi connectivity index (χ0) is 18.7. The molecule has 3 rings (SSSR count). The van der Waals surface area contributed by atoms with Gasteiger partial charge in [0.2, 0.25) is 5.91 Å². The van der Waals surface area contributed by atoms with E-state index in [-0.39, 0.29) is 17.3 Å². The number of para-hydroxylation sites is 1. The van der Waals surface area contributed by atoms with Gasteiger partial charge in [-0.25, -0.2) is 8.42 Å². The number of hydrogen-bond acceptors (Lipinski definition) is 3. The van der Waals surface area contributed by atoms with Crippen molar-refractivity contribution in [1.82, 2.24) is 4.90 Å². The Morgan fingerprint density at radius 3 is 2.23 bits per heavy atom. The molecular formula is C20H24N2O3S. The van der Waals surface area contributed by atoms with Crippen molar-refractivity contribution in [3.8, 4) is 0 Å². The number of aryl methyl sites for hydroxylation is 2. The fourth-order valence-electron chi connectivity index (χ4n) is 3.17. The summed E-state index contributed by atoms with van der Waals surface area (Å²) >= 11 is 0. The first kappa shape index (κ1) is 18.5. The van der Waals surface area contributed by atoms with Gasteiger partial charge in [-0.05, 0) is 50.5 Å². The van der Waals surface area contributed by atoms with Crippen molar-refractivity contribution in [3.05, 3.63) is 59.7 Å². The molecule has 0 aliphatic carbocycles. The smallest absolute Gasteiger partial charge is 0.264 e. The maximum atomic E-state index is 13.3. The third kappa shape index (κ3) is 3.75. The molecule has 1 aliphatic rings. The number of benzene rings is 2. The minimum absolute atomic E-state index is 0.151. The van der Waals surface area contributed by atoms with E-state index >= 15 is 0 Å². The molecule has 0 bridgehead atoms. The second-order valence-electron chi connectivity index (χ2n) is 6.70. The summed E-state index contributed by atoms with van der Waals surface area (Å²) < 4.78 is 27.8. The van der Waals surface area contributed by atoms with E-state index in [1.54, 1.807) is 41.3 Å². The van der Waals surface area contributed by atoms with Gasteiger partial charge in [0.1, 0.15) is 6.54 Å². The van der Waals surface area contributed by atoms with Crippen LogP contribution in [0.2, 0.25) is 0 Å². The van der Waals surface area contributed by atoms with Crippen LogP contribution >= 0.6 is 0 Å². The van der Waals surface area contributed by atoms with Crippen LogP contribution in [-0.2, 0) is 14.8 Å². The highest BCUT2D eigenvalue weighted by Gasteiger charge is 2.30. The van der Waals surface area contributed by atoms with Crippen LogP contribution in [0.25, 0.3) is 0 Å². The van der Waals surface area contributed by atoms with Gasteiger partial charge in [0.05, 0.1) is 10.6 Å². The van der Waals surface area contributed by atoms with E-state index in [0.717, 1.165) is 24.0 Å². The normalized spacial score (nSPS) is 14.5. The first-order valence-electron chi connectivity index (χ1n) is 8.82. The van der Waals surface area contributed by atoms with Crippen LogP contribution in [0.3, 0.4) is 0 Å². The monoisotopic (exact) mass is 372 g/mol. The zero-order valence-corrected chi connectivity index (χ0v) is 16.0. The first-order chi connectivity index (χ1) is 12.4. The third-order valence-electron chi connectivity index (χ3n) is 4.73. The molecule has 0 atom stereocenters. The van der Waals surface area contributed by atoms with Crippen molar-refractivity contribution in [2.75, 3.05) is 23.9 Å². The summed E-state index contributed by atoms with van der Waals surface area (Å²) in [5, 5.41) is 0. The highest BCUT2D eigenvalue weighted by atomic mass is 32.2. The highest BCUT2D eigenvalue weighted by molar-refractivity contribution is 7.92. The standard InChI is InChI=1S/C20H24N2O3S/c1-16-9-11-18(12-10-16)26(24,25)22(19-8-4-3-7-17(19)2)15-20(23)21-13-5-6-14-21/h3-4,7-12H,5-6,13-15H2,1-2H3. The second kappa shape index (κ2) is 7.50. The quantitative estimate of drug-likeness (QED) is 0.810. The molecule has 0 saturated carbocycles. The Hall–Kier alpha value is -2.34. The number of hydrogen-bond donors (Lipinski definition) is 0. The molecule has 26 heavy (non-hydrogen) atoms. The zero-order valence-electron chi connectivity index (χ0n) is 15.2. The molecule has 2 aromatic rings. The van der Waals surface area contributed by atoms with Crippen molar-refractivity contribution in [1.29, 1.82) is 0 Å². The Morgan fingerprint density at radius 2 is 1.62 bits per heavy atom. The predicted molar refractivity (Wildman–Crippen MR) is 103 cm³/mol. The maximum Gasteiger partial charge on any atom is 0.264 e. The molecule has 1 fully saturated rings. The Bertz CT molecular complexity index is 886. The van der Waals surface area contributed by atoms with Crippen LogP contribution in [0.5, 0.6) is 0 Å². The molecule has 2 aromatic carbocycles. The Morgan fingerprint density at radius 1 is 1.00 bits per heavy atom. The molecule has 1 saturated heterocycles. The van der Waals surface area contributed by atoms with E-state index in [1.807, 2.05) is 26.0 Å². The Kier molecular flexibility index (Phi) is 5.32. The van der Waals surface area contributed by atoms with Gasteiger partial charge >= 0.3 is 0 Å². The van der Waals surface area contributed by atoms with Crippen molar-refractivity contribution in [3.63, 3.8) is 0 Å². The molecule has 5 nitrogen and oxygen atoms in total. The molecule has 0 N–H and O–H groups in total. The predicted octanol–water partition coefficient (Wildman–Crippen LogP) is 3.12. The van der Waals surface area contributed by atoms with E-state index in [9.17, 15) is 13.2 Å². The summed E-state index contributed by atoms with van der Waals surface area (Å²) in [5.74, 6) is -0.151. The van der Waals surface area contributed by atoms with Gasteiger partial charge in [0.25, 0.3) is 10.0 Å². The summed E-state index contributed by atoms with van der Waals surface area (Å²) in [6.07, 6.45) is 1.95. The fraction of sp³-hybridized carbons (Fsp3) is 0.350. The van der Waals surface area contributed by atoms with Crippen LogP contribution in [0.15, 0.2) is 53.4 Å². The van der Waals surface area contributed by atoms with Crippen molar-refractivity contribution in [2.45, 2.75) is 31.6 Å². The lowest BCUT2D eigenvalue weighted by atomic mass is 10.2. The summed E-state index contributed by atoms with van der Waals surface area (Å²) in [5.41, 5.74) is 2.34. The Labute approximate surface area is 155 Å². The SMILES string of the molecule is Cc1ccc(S(=O)(=O)N(CC(=O)N2CCCC2)c2ccccc2C)cc1. The fourth-order valence-corrected chi connectivity index (χ4v) is 4.65. The van der Waals surface area contributed by atoms with E-state index in [2.05, 4.69) is 0 Å². The van der Waals surface area contributed by atoms with Crippen molar-refractivity contribution >= 4 is 21.6 Å². The van der Waals surface area contributed by atoms with Crippen LogP contribution in [0.4, 0.5) is 5.69 Å². The average molecular weight is 372 g/mol. The lowest BCUT2D eigenvalue weighted by Gasteiger charge is -2.27. The number of sulfonamides is 1. The number of anilines is 1. The lowest BCUT2D eigenvalue weighted by Crippen LogP contribution is -2.42. The van der Waals surface area contributed by atoms with Gasteiger partial charge in [0, 0.05) is 13.1 Å². The van der Waals surface area contributed by atoms with Crippen LogP contribution < -0.4 is 4.31 Å². The van der Waals surface area contributed by atoms with Gasteiger partial charge in [-0.2, -0.15) is 0 Å². The van der Waals surface area contributed by atoms with Crippen LogP contribution in [-0.4, -0.2) is 38.9 Å². The average Bonchev–Trinajstić information content (AvgIpc) is 3.15. The van der Waals surface area contributed by atoms with E-state index in [0.29, 0.717) is 18.8 Å². The summed E-state index contributed by atoms with van der Waals surface area (Å²) in [6, 6.07) is 14.0. The molecule has 138 valence electrons. The number of rotatable bonds is 5. The van der Waals surface area contributed by atoms with Crippen LogP contribution in [0, 0.1) is 13.8 Å². The first-order valence-corrected chi connectivity index (χ1v) is 10.3. The number of nitrogens with zero attached hydrogens (tertiary/aromatic N) is 2. The number of likely N-dealkylation sites (tertiary alicyclic amines) is 1. The summed E-state index contributed by atoms with van der Waals surface area (Å²) in [7, 11) is -3.83. The number of carbonyl (C=O) groups excluding carboxylic acids is 1. The lowest BCUT2D eigenvalue weighted by molar-refractivity contribution is -0.128. The van der Waals surface area contributed by atoms with Gasteiger partial charge in [-0.3, -0.25) is 9.10 Å². The highest BCUT2D eigenvalue weighted by Crippen LogP contribution is 2.27. The second-order valence-corrected chi connectivity index (χ2v) is 8.56. The molecule has 0 unspecified atom stereocenters. The molecule has 0 radical (unpaired) electrons. The third-order valence-corrected chi connectivity index (χ3v) is 6.50. The molecule has 1 aliphatic heterocycles. The van der Waals surface area contributed by atoms with Crippen molar-refractivity contribution < 1.29 is 13.2 Å². The van der Waals surface area contributed by atoms with E-state index in [4.69, 9.17) is 0 Å². The molecular weight excluding hydrogens is 348 g/mol. The summed E-state index contributed by atoms with van der Waals surface area (Å²) in [6.45, 7) is 4.98. The van der Waals surface area contributed by atoms with Crippen molar-refractivity contribution in [2.24, 2.45) is 0 Å². The van der Waals surface area contributed by atoms with Gasteiger partial charge < -0.3 is 4.90 Å². The van der Waals surface area contributed by atoms with Gasteiger partial charge in [0.15, 0.2) is 0 Å². The minimum Gasteiger partial charge on any atom is -0.341 e. The molecule has 1 amide bonds.